The van der Waals surface area contributed by atoms with Crippen molar-refractivity contribution >= 4 is 17.8 Å². The number of aromatic amines is 1. The SMILES string of the molecule is CCOC(=O)c1[nH]c(C)c(CCC(=O)N2CCC[C@H](C(=O)NCCc3ccccc3)C2)c1C. The average Bonchev–Trinajstić information content (AvgIpc) is 3.11. The van der Waals surface area contributed by atoms with Gasteiger partial charge in [0.25, 0.3) is 0 Å². The largest absolute Gasteiger partial charge is 0.461 e. The van der Waals surface area contributed by atoms with Crippen molar-refractivity contribution in [3.05, 3.63) is 58.4 Å². The minimum Gasteiger partial charge on any atom is -0.461 e. The van der Waals surface area contributed by atoms with E-state index in [9.17, 15) is 14.4 Å². The lowest BCUT2D eigenvalue weighted by atomic mass is 9.96. The summed E-state index contributed by atoms with van der Waals surface area (Å²) in [7, 11) is 0. The molecule has 1 aromatic carbocycles. The van der Waals surface area contributed by atoms with Crippen LogP contribution in [0, 0.1) is 19.8 Å². The molecular formula is C26H35N3O4. The zero-order valence-electron chi connectivity index (χ0n) is 19.9. The maximum atomic E-state index is 12.9. The molecule has 1 fully saturated rings. The molecule has 0 saturated carbocycles. The van der Waals surface area contributed by atoms with Crippen molar-refractivity contribution in [1.82, 2.24) is 15.2 Å². The van der Waals surface area contributed by atoms with E-state index in [0.717, 1.165) is 36.1 Å². The Morgan fingerprint density at radius 2 is 1.91 bits per heavy atom. The number of nitrogens with one attached hydrogen (secondary N) is 2. The van der Waals surface area contributed by atoms with E-state index in [0.29, 0.717) is 44.8 Å². The Morgan fingerprint density at radius 1 is 1.15 bits per heavy atom. The number of carbonyl (C=O) groups excluding carboxylic acids is 3. The first kappa shape index (κ1) is 24.6. The number of hydrogen-bond donors (Lipinski definition) is 2. The highest BCUT2D eigenvalue weighted by atomic mass is 16.5. The summed E-state index contributed by atoms with van der Waals surface area (Å²) in [5.41, 5.74) is 4.37. The van der Waals surface area contributed by atoms with E-state index in [4.69, 9.17) is 4.74 Å². The van der Waals surface area contributed by atoms with E-state index in [2.05, 4.69) is 22.4 Å². The predicted octanol–water partition coefficient (Wildman–Crippen LogP) is 3.34. The van der Waals surface area contributed by atoms with Crippen molar-refractivity contribution in [2.45, 2.75) is 52.9 Å². The van der Waals surface area contributed by atoms with Crippen LogP contribution in [-0.2, 0) is 27.2 Å². The number of likely N-dealkylation sites (tertiary alicyclic amines) is 1. The highest BCUT2D eigenvalue weighted by molar-refractivity contribution is 5.90. The van der Waals surface area contributed by atoms with Crippen LogP contribution >= 0.6 is 0 Å². The lowest BCUT2D eigenvalue weighted by Crippen LogP contribution is -2.45. The second-order valence-electron chi connectivity index (χ2n) is 8.65. The summed E-state index contributed by atoms with van der Waals surface area (Å²) in [4.78, 5) is 42.6. The van der Waals surface area contributed by atoms with E-state index in [1.807, 2.05) is 36.9 Å². The lowest BCUT2D eigenvalue weighted by molar-refractivity contribution is -0.135. The molecule has 1 atom stereocenters. The molecule has 0 radical (unpaired) electrons. The van der Waals surface area contributed by atoms with E-state index in [-0.39, 0.29) is 23.7 Å². The van der Waals surface area contributed by atoms with Crippen LogP contribution in [0.15, 0.2) is 30.3 Å². The molecule has 1 aliphatic rings. The fourth-order valence-electron chi connectivity index (χ4n) is 4.50. The maximum Gasteiger partial charge on any atom is 0.355 e. The zero-order chi connectivity index (χ0) is 23.8. The van der Waals surface area contributed by atoms with Crippen molar-refractivity contribution in [1.29, 1.82) is 0 Å². The highest BCUT2D eigenvalue weighted by Crippen LogP contribution is 2.22. The van der Waals surface area contributed by atoms with E-state index < -0.39 is 0 Å². The molecule has 178 valence electrons. The van der Waals surface area contributed by atoms with Crippen LogP contribution in [0.2, 0.25) is 0 Å². The Labute approximate surface area is 195 Å². The molecule has 1 saturated heterocycles. The molecule has 1 aromatic heterocycles. The quantitative estimate of drug-likeness (QED) is 0.570. The fraction of sp³-hybridized carbons (Fsp3) is 0.500. The third kappa shape index (κ3) is 6.46. The molecule has 7 heteroatoms. The van der Waals surface area contributed by atoms with Crippen LogP contribution in [-0.4, -0.2) is 53.9 Å². The second kappa shape index (κ2) is 11.7. The molecule has 1 aliphatic heterocycles. The van der Waals surface area contributed by atoms with E-state index in [1.165, 1.54) is 5.56 Å². The number of rotatable bonds is 9. The number of H-pyrrole nitrogens is 1. The molecule has 0 bridgehead atoms. The first-order valence-corrected chi connectivity index (χ1v) is 11.8. The van der Waals surface area contributed by atoms with Gasteiger partial charge in [-0.15, -0.1) is 0 Å². The van der Waals surface area contributed by atoms with Gasteiger partial charge in [0.2, 0.25) is 11.8 Å². The van der Waals surface area contributed by atoms with Gasteiger partial charge in [-0.05, 0) is 63.1 Å². The predicted molar refractivity (Wildman–Crippen MR) is 127 cm³/mol. The standard InChI is InChI=1S/C26H35N3O4/c1-4-33-26(32)24-18(2)22(19(3)28-24)12-13-23(30)29-16-8-11-21(17-29)25(31)27-15-14-20-9-6-5-7-10-20/h5-7,9-10,21,28H,4,8,11-17H2,1-3H3,(H,27,31)/t21-/m0/s1. The van der Waals surface area contributed by atoms with Gasteiger partial charge in [-0.25, -0.2) is 4.79 Å². The third-order valence-corrected chi connectivity index (χ3v) is 6.36. The van der Waals surface area contributed by atoms with Gasteiger partial charge in [-0.2, -0.15) is 0 Å². The molecule has 2 heterocycles. The van der Waals surface area contributed by atoms with Gasteiger partial charge >= 0.3 is 5.97 Å². The molecule has 7 nitrogen and oxygen atoms in total. The van der Waals surface area contributed by atoms with Crippen LogP contribution in [0.5, 0.6) is 0 Å². The maximum absolute atomic E-state index is 12.9. The van der Waals surface area contributed by atoms with Crippen molar-refractivity contribution in [2.24, 2.45) is 5.92 Å². The normalized spacial score (nSPS) is 15.8. The molecule has 0 aliphatic carbocycles. The number of ether oxygens (including phenoxy) is 1. The fourth-order valence-corrected chi connectivity index (χ4v) is 4.50. The van der Waals surface area contributed by atoms with Crippen molar-refractivity contribution in [3.8, 4) is 0 Å². The molecular weight excluding hydrogens is 418 g/mol. The zero-order valence-corrected chi connectivity index (χ0v) is 19.9. The number of aryl methyl sites for hydroxylation is 1. The Morgan fingerprint density at radius 3 is 2.64 bits per heavy atom. The summed E-state index contributed by atoms with van der Waals surface area (Å²) in [5, 5.41) is 3.03. The van der Waals surface area contributed by atoms with Gasteiger partial charge in [0.15, 0.2) is 0 Å². The second-order valence-corrected chi connectivity index (χ2v) is 8.65. The Balaban J connectivity index is 1.49. The summed E-state index contributed by atoms with van der Waals surface area (Å²) in [6, 6.07) is 10.1. The number of aromatic nitrogens is 1. The number of esters is 1. The van der Waals surface area contributed by atoms with Gasteiger partial charge in [0.1, 0.15) is 5.69 Å². The Kier molecular flexibility index (Phi) is 8.69. The summed E-state index contributed by atoms with van der Waals surface area (Å²) < 4.78 is 5.10. The third-order valence-electron chi connectivity index (χ3n) is 6.36. The number of carbonyl (C=O) groups is 3. The minimum absolute atomic E-state index is 0.0276. The number of nitrogens with zero attached hydrogens (tertiary/aromatic N) is 1. The smallest absolute Gasteiger partial charge is 0.355 e. The molecule has 33 heavy (non-hydrogen) atoms. The van der Waals surface area contributed by atoms with Crippen LogP contribution in [0.3, 0.4) is 0 Å². The number of hydrogen-bond acceptors (Lipinski definition) is 4. The van der Waals surface area contributed by atoms with Crippen LogP contribution < -0.4 is 5.32 Å². The number of amides is 2. The Hall–Kier alpha value is -3.09. The molecule has 0 unspecified atom stereocenters. The van der Waals surface area contributed by atoms with Gasteiger partial charge in [0, 0.05) is 31.7 Å². The van der Waals surface area contributed by atoms with Crippen LogP contribution in [0.25, 0.3) is 0 Å². The molecule has 3 rings (SSSR count). The molecule has 2 aromatic rings. The topological polar surface area (TPSA) is 91.5 Å². The van der Waals surface area contributed by atoms with Crippen molar-refractivity contribution < 1.29 is 19.1 Å². The first-order valence-electron chi connectivity index (χ1n) is 11.8. The monoisotopic (exact) mass is 453 g/mol. The van der Waals surface area contributed by atoms with Crippen molar-refractivity contribution in [3.63, 3.8) is 0 Å². The van der Waals surface area contributed by atoms with Gasteiger partial charge in [-0.1, -0.05) is 30.3 Å². The van der Waals surface area contributed by atoms with E-state index in [1.54, 1.807) is 6.92 Å². The number of piperidine rings is 1. The molecule has 2 N–H and O–H groups in total. The molecule has 0 spiro atoms. The van der Waals surface area contributed by atoms with Crippen molar-refractivity contribution in [2.75, 3.05) is 26.2 Å². The average molecular weight is 454 g/mol. The first-order chi connectivity index (χ1) is 15.9. The summed E-state index contributed by atoms with van der Waals surface area (Å²) in [5.74, 6) is -0.452. The van der Waals surface area contributed by atoms with Crippen LogP contribution in [0.4, 0.5) is 0 Å². The minimum atomic E-state index is -0.368. The van der Waals surface area contributed by atoms with E-state index >= 15 is 0 Å². The van der Waals surface area contributed by atoms with Gasteiger partial charge < -0.3 is 19.9 Å². The Bertz CT molecular complexity index is 967. The van der Waals surface area contributed by atoms with Gasteiger partial charge in [0.05, 0.1) is 12.5 Å². The summed E-state index contributed by atoms with van der Waals surface area (Å²) in [6.07, 6.45) is 3.34. The lowest BCUT2D eigenvalue weighted by Gasteiger charge is -2.32. The van der Waals surface area contributed by atoms with Gasteiger partial charge in [-0.3, -0.25) is 9.59 Å². The molecule has 2 amide bonds. The van der Waals surface area contributed by atoms with Crippen LogP contribution in [0.1, 0.15) is 59.1 Å². The summed E-state index contributed by atoms with van der Waals surface area (Å²) in [6.45, 7) is 7.64. The summed E-state index contributed by atoms with van der Waals surface area (Å²) >= 11 is 0. The highest BCUT2D eigenvalue weighted by Gasteiger charge is 2.28. The number of benzene rings is 1.